The average molecular weight is 401 g/mol. The molecule has 1 atom stereocenters. The van der Waals surface area contributed by atoms with Gasteiger partial charge in [0.2, 0.25) is 6.79 Å². The van der Waals surface area contributed by atoms with Gasteiger partial charge in [-0.2, -0.15) is 0 Å². The first-order valence-electron chi connectivity index (χ1n) is 10.5. The minimum absolute atomic E-state index is 0.323. The van der Waals surface area contributed by atoms with Crippen LogP contribution in [0.25, 0.3) is 0 Å². The van der Waals surface area contributed by atoms with E-state index < -0.39 is 6.10 Å². The fraction of sp³-hybridized carbons (Fsp3) is 0.478. The highest BCUT2D eigenvalue weighted by molar-refractivity contribution is 5.44. The maximum absolute atomic E-state index is 10.4. The number of aryl methyl sites for hydroxylation is 2. The molecule has 3 N–H and O–H groups in total. The van der Waals surface area contributed by atoms with Gasteiger partial charge < -0.3 is 29.1 Å². The number of rotatable bonds is 7. The van der Waals surface area contributed by atoms with Gasteiger partial charge in [-0.05, 0) is 55.3 Å². The Balaban J connectivity index is 1.19. The molecule has 0 spiro atoms. The predicted molar refractivity (Wildman–Crippen MR) is 110 cm³/mol. The number of ether oxygens (including phenoxy) is 3. The number of piperazine rings is 1. The standard InChI is InChI=1S/C23H30N2O4/c1-17-9-18(2)11-21(10-17)27-15-20(26)14-25-7-5-24(6-8-25)13-19-3-4-22-23(12-19)29-16-28-22/h3-4,9-12,20,26H,5-8,13-16H2,1-2H3/p+2/t20-/m0/s1. The second kappa shape index (κ2) is 9.03. The lowest BCUT2D eigenvalue weighted by Crippen LogP contribution is -3.28. The molecule has 6 heteroatoms. The molecule has 2 aliphatic heterocycles. The summed E-state index contributed by atoms with van der Waals surface area (Å²) in [6.45, 7) is 10.9. The summed E-state index contributed by atoms with van der Waals surface area (Å²) >= 11 is 0. The van der Waals surface area contributed by atoms with E-state index in [4.69, 9.17) is 14.2 Å². The van der Waals surface area contributed by atoms with Gasteiger partial charge in [-0.1, -0.05) is 6.07 Å². The topological polar surface area (TPSA) is 56.8 Å². The Bertz CT molecular complexity index is 813. The molecular weight excluding hydrogens is 368 g/mol. The van der Waals surface area contributed by atoms with E-state index in [1.807, 2.05) is 18.2 Å². The lowest BCUT2D eigenvalue weighted by molar-refractivity contribution is -1.02. The number of quaternary nitrogens is 2. The highest BCUT2D eigenvalue weighted by Gasteiger charge is 2.26. The minimum atomic E-state index is -0.443. The molecule has 1 fully saturated rings. The van der Waals surface area contributed by atoms with Crippen molar-refractivity contribution in [3.05, 3.63) is 53.1 Å². The maximum atomic E-state index is 10.4. The number of hydrogen-bond acceptors (Lipinski definition) is 4. The number of nitrogens with one attached hydrogen (secondary N) is 2. The van der Waals surface area contributed by atoms with Crippen molar-refractivity contribution in [2.45, 2.75) is 26.5 Å². The molecule has 29 heavy (non-hydrogen) atoms. The summed E-state index contributed by atoms with van der Waals surface area (Å²) in [5, 5.41) is 10.4. The Hall–Kier alpha value is -2.28. The molecule has 2 aromatic rings. The van der Waals surface area contributed by atoms with E-state index in [0.29, 0.717) is 13.4 Å². The van der Waals surface area contributed by atoms with E-state index >= 15 is 0 Å². The Morgan fingerprint density at radius 2 is 1.62 bits per heavy atom. The van der Waals surface area contributed by atoms with E-state index in [1.165, 1.54) is 21.6 Å². The van der Waals surface area contributed by atoms with Crippen LogP contribution < -0.4 is 24.0 Å². The van der Waals surface area contributed by atoms with Crippen molar-refractivity contribution < 1.29 is 29.1 Å². The Morgan fingerprint density at radius 3 is 2.38 bits per heavy atom. The van der Waals surface area contributed by atoms with Gasteiger partial charge >= 0.3 is 0 Å². The van der Waals surface area contributed by atoms with Crippen molar-refractivity contribution in [2.75, 3.05) is 46.1 Å². The van der Waals surface area contributed by atoms with Gasteiger partial charge in [-0.3, -0.25) is 0 Å². The third-order valence-electron chi connectivity index (χ3n) is 5.72. The van der Waals surface area contributed by atoms with Crippen LogP contribution in [0.1, 0.15) is 16.7 Å². The summed E-state index contributed by atoms with van der Waals surface area (Å²) in [5.74, 6) is 2.54. The molecule has 2 aliphatic rings. The van der Waals surface area contributed by atoms with Crippen LogP contribution in [0, 0.1) is 13.8 Å². The van der Waals surface area contributed by atoms with Gasteiger partial charge in [-0.25, -0.2) is 0 Å². The molecule has 4 rings (SSSR count). The summed E-state index contributed by atoms with van der Waals surface area (Å²) in [6.07, 6.45) is -0.443. The van der Waals surface area contributed by atoms with E-state index in [9.17, 15) is 5.11 Å². The van der Waals surface area contributed by atoms with Crippen LogP contribution in [0.2, 0.25) is 0 Å². The molecule has 0 unspecified atom stereocenters. The fourth-order valence-electron chi connectivity index (χ4n) is 4.28. The molecule has 2 heterocycles. The summed E-state index contributed by atoms with van der Waals surface area (Å²) < 4.78 is 16.7. The minimum Gasteiger partial charge on any atom is -0.491 e. The zero-order valence-electron chi connectivity index (χ0n) is 17.4. The molecule has 0 aliphatic carbocycles. The summed E-state index contributed by atoms with van der Waals surface area (Å²) in [6, 6.07) is 12.4. The van der Waals surface area contributed by atoms with E-state index in [0.717, 1.165) is 56.5 Å². The molecule has 2 aromatic carbocycles. The molecule has 0 radical (unpaired) electrons. The second-order valence-corrected chi connectivity index (χ2v) is 8.36. The highest BCUT2D eigenvalue weighted by atomic mass is 16.7. The first-order valence-corrected chi connectivity index (χ1v) is 10.5. The van der Waals surface area contributed by atoms with Crippen molar-refractivity contribution >= 4 is 0 Å². The van der Waals surface area contributed by atoms with Crippen molar-refractivity contribution in [1.29, 1.82) is 0 Å². The van der Waals surface area contributed by atoms with Gasteiger partial charge in [0.05, 0.1) is 0 Å². The lowest BCUT2D eigenvalue weighted by Gasteiger charge is -2.30. The van der Waals surface area contributed by atoms with Gasteiger partial charge in [0, 0.05) is 5.56 Å². The number of aliphatic hydroxyl groups excluding tert-OH is 1. The van der Waals surface area contributed by atoms with Gasteiger partial charge in [0.1, 0.15) is 57.7 Å². The molecule has 0 bridgehead atoms. The fourth-order valence-corrected chi connectivity index (χ4v) is 4.28. The number of fused-ring (bicyclic) bond motifs is 1. The van der Waals surface area contributed by atoms with Crippen LogP contribution in [-0.4, -0.2) is 57.3 Å². The number of aliphatic hydroxyl groups is 1. The Kier molecular flexibility index (Phi) is 6.23. The SMILES string of the molecule is Cc1cc(C)cc(OC[C@@H](O)C[NH+]2CC[NH+](Cc3ccc4c(c3)OCO4)CC2)c1. The molecule has 6 nitrogen and oxygen atoms in total. The first kappa shape index (κ1) is 20.0. The smallest absolute Gasteiger partial charge is 0.231 e. The van der Waals surface area contributed by atoms with Crippen molar-refractivity contribution in [3.63, 3.8) is 0 Å². The lowest BCUT2D eigenvalue weighted by atomic mass is 10.1. The van der Waals surface area contributed by atoms with E-state index in [2.05, 4.69) is 32.0 Å². The van der Waals surface area contributed by atoms with Crippen molar-refractivity contribution in [1.82, 2.24) is 0 Å². The predicted octanol–water partition coefficient (Wildman–Crippen LogP) is -0.245. The summed E-state index contributed by atoms with van der Waals surface area (Å²) in [4.78, 5) is 3.03. The monoisotopic (exact) mass is 400 g/mol. The highest BCUT2D eigenvalue weighted by Crippen LogP contribution is 2.32. The van der Waals surface area contributed by atoms with Crippen molar-refractivity contribution in [3.8, 4) is 17.2 Å². The van der Waals surface area contributed by atoms with E-state index in [-0.39, 0.29) is 0 Å². The van der Waals surface area contributed by atoms with Crippen LogP contribution in [0.3, 0.4) is 0 Å². The third-order valence-corrected chi connectivity index (χ3v) is 5.72. The molecule has 0 amide bonds. The van der Waals surface area contributed by atoms with Crippen LogP contribution in [-0.2, 0) is 6.54 Å². The number of hydrogen-bond donors (Lipinski definition) is 3. The second-order valence-electron chi connectivity index (χ2n) is 8.36. The van der Waals surface area contributed by atoms with Crippen molar-refractivity contribution in [2.24, 2.45) is 0 Å². The normalized spacial score (nSPS) is 21.8. The molecule has 0 saturated carbocycles. The number of benzene rings is 2. The third kappa shape index (κ3) is 5.41. The van der Waals surface area contributed by atoms with Gasteiger partial charge in [0.15, 0.2) is 11.5 Å². The molecule has 0 aromatic heterocycles. The molecule has 156 valence electrons. The zero-order valence-corrected chi connectivity index (χ0v) is 17.4. The largest absolute Gasteiger partial charge is 0.491 e. The first-order chi connectivity index (χ1) is 14.0. The van der Waals surface area contributed by atoms with E-state index in [1.54, 1.807) is 4.90 Å². The molecule has 1 saturated heterocycles. The quantitative estimate of drug-likeness (QED) is 0.600. The van der Waals surface area contributed by atoms with Crippen LogP contribution in [0.15, 0.2) is 36.4 Å². The average Bonchev–Trinajstić information content (AvgIpc) is 3.15. The van der Waals surface area contributed by atoms with Crippen LogP contribution >= 0.6 is 0 Å². The summed E-state index contributed by atoms with van der Waals surface area (Å²) in [5.41, 5.74) is 3.65. The summed E-state index contributed by atoms with van der Waals surface area (Å²) in [7, 11) is 0. The zero-order chi connectivity index (χ0) is 20.2. The van der Waals surface area contributed by atoms with Gasteiger partial charge in [0.25, 0.3) is 0 Å². The van der Waals surface area contributed by atoms with Crippen LogP contribution in [0.5, 0.6) is 17.2 Å². The van der Waals surface area contributed by atoms with Gasteiger partial charge in [-0.15, -0.1) is 0 Å². The maximum Gasteiger partial charge on any atom is 0.231 e. The van der Waals surface area contributed by atoms with Crippen LogP contribution in [0.4, 0.5) is 0 Å². The Morgan fingerprint density at radius 1 is 0.931 bits per heavy atom. The Labute approximate surface area is 172 Å². The molecular formula is C23H32N2O4+2.